The van der Waals surface area contributed by atoms with Gasteiger partial charge in [-0.25, -0.2) is 0 Å². The molecule has 0 saturated heterocycles. The Bertz CT molecular complexity index is 630. The van der Waals surface area contributed by atoms with E-state index >= 15 is 0 Å². The molecule has 0 aromatic carbocycles. The third-order valence-electron chi connectivity index (χ3n) is 4.02. The number of thiophene rings is 1. The van der Waals surface area contributed by atoms with Crippen molar-refractivity contribution in [3.63, 3.8) is 0 Å². The van der Waals surface area contributed by atoms with Crippen LogP contribution in [0.1, 0.15) is 25.0 Å². The van der Waals surface area contributed by atoms with Gasteiger partial charge in [-0.05, 0) is 51.3 Å². The lowest BCUT2D eigenvalue weighted by atomic mass is 10.0. The zero-order valence-electron chi connectivity index (χ0n) is 13.0. The van der Waals surface area contributed by atoms with Crippen molar-refractivity contribution in [1.82, 2.24) is 15.4 Å². The first-order chi connectivity index (χ1) is 10.6. The molecule has 1 N–H and O–H groups in total. The molecule has 1 aliphatic rings. The van der Waals surface area contributed by atoms with E-state index < -0.39 is 5.41 Å². The topological polar surface area (TPSA) is 58.4 Å². The fourth-order valence-electron chi connectivity index (χ4n) is 2.53. The van der Waals surface area contributed by atoms with Gasteiger partial charge in [0.2, 0.25) is 5.91 Å². The maximum absolute atomic E-state index is 12.5. The first kappa shape index (κ1) is 15.2. The maximum atomic E-state index is 12.5. The minimum Gasteiger partial charge on any atom is -0.355 e. The lowest BCUT2D eigenvalue weighted by Gasteiger charge is -2.13. The Kier molecular flexibility index (Phi) is 4.31. The Balaban J connectivity index is 1.62. The van der Waals surface area contributed by atoms with Crippen molar-refractivity contribution in [3.8, 4) is 10.6 Å². The van der Waals surface area contributed by atoms with Crippen LogP contribution >= 0.6 is 11.3 Å². The Morgan fingerprint density at radius 2 is 2.32 bits per heavy atom. The first-order valence-electron chi connectivity index (χ1n) is 7.56. The fourth-order valence-corrected chi connectivity index (χ4v) is 3.20. The SMILES string of the molecule is CN(C)CCCNC(=O)C1(c2cc(-c3cccs3)on2)CC1. The van der Waals surface area contributed by atoms with Crippen LogP contribution in [0.5, 0.6) is 0 Å². The third-order valence-corrected chi connectivity index (χ3v) is 4.90. The predicted molar refractivity (Wildman–Crippen MR) is 86.9 cm³/mol. The van der Waals surface area contributed by atoms with E-state index in [1.54, 1.807) is 11.3 Å². The van der Waals surface area contributed by atoms with Crippen LogP contribution in [0.4, 0.5) is 0 Å². The summed E-state index contributed by atoms with van der Waals surface area (Å²) >= 11 is 1.61. The van der Waals surface area contributed by atoms with E-state index in [0.29, 0.717) is 6.54 Å². The highest BCUT2D eigenvalue weighted by molar-refractivity contribution is 7.13. The molecule has 1 amide bonds. The summed E-state index contributed by atoms with van der Waals surface area (Å²) in [6.07, 6.45) is 2.65. The standard InChI is InChI=1S/C16H21N3O2S/c1-19(2)9-4-8-17-15(20)16(6-7-16)14-11-12(21-18-14)13-5-3-10-22-13/h3,5,10-11H,4,6-9H2,1-2H3,(H,17,20). The molecule has 0 spiro atoms. The Labute approximate surface area is 134 Å². The summed E-state index contributed by atoms with van der Waals surface area (Å²) in [5.74, 6) is 0.828. The van der Waals surface area contributed by atoms with Crippen molar-refractivity contribution in [2.75, 3.05) is 27.2 Å². The minimum absolute atomic E-state index is 0.0808. The number of hydrogen-bond acceptors (Lipinski definition) is 5. The van der Waals surface area contributed by atoms with Gasteiger partial charge >= 0.3 is 0 Å². The summed E-state index contributed by atoms with van der Waals surface area (Å²) in [7, 11) is 4.07. The predicted octanol–water partition coefficient (Wildman–Crippen LogP) is 2.50. The maximum Gasteiger partial charge on any atom is 0.232 e. The molecule has 118 valence electrons. The molecular weight excluding hydrogens is 298 g/mol. The average Bonchev–Trinajstić information content (AvgIpc) is 2.93. The highest BCUT2D eigenvalue weighted by atomic mass is 32.1. The Hall–Kier alpha value is -1.66. The van der Waals surface area contributed by atoms with E-state index in [0.717, 1.165) is 42.1 Å². The summed E-state index contributed by atoms with van der Waals surface area (Å²) in [4.78, 5) is 15.6. The van der Waals surface area contributed by atoms with Gasteiger partial charge in [0.05, 0.1) is 16.0 Å². The molecule has 0 radical (unpaired) electrons. The molecule has 3 rings (SSSR count). The number of carbonyl (C=O) groups is 1. The van der Waals surface area contributed by atoms with Gasteiger partial charge in [-0.15, -0.1) is 11.3 Å². The quantitative estimate of drug-likeness (QED) is 0.797. The van der Waals surface area contributed by atoms with Crippen molar-refractivity contribution in [1.29, 1.82) is 0 Å². The molecule has 5 nitrogen and oxygen atoms in total. The molecule has 1 saturated carbocycles. The van der Waals surface area contributed by atoms with Crippen LogP contribution in [-0.4, -0.2) is 43.1 Å². The third kappa shape index (κ3) is 3.08. The second-order valence-electron chi connectivity index (χ2n) is 6.05. The van der Waals surface area contributed by atoms with Crippen LogP contribution in [0.15, 0.2) is 28.1 Å². The summed E-state index contributed by atoms with van der Waals surface area (Å²) in [6, 6.07) is 5.89. The van der Waals surface area contributed by atoms with Gasteiger partial charge in [0.1, 0.15) is 0 Å². The van der Waals surface area contributed by atoms with Crippen LogP contribution in [0.25, 0.3) is 10.6 Å². The molecule has 0 aliphatic heterocycles. The molecule has 2 heterocycles. The first-order valence-corrected chi connectivity index (χ1v) is 8.44. The molecule has 1 fully saturated rings. The van der Waals surface area contributed by atoms with Crippen molar-refractivity contribution in [2.45, 2.75) is 24.7 Å². The molecule has 6 heteroatoms. The normalized spacial score (nSPS) is 16.0. The van der Waals surface area contributed by atoms with Gasteiger partial charge in [0.15, 0.2) is 5.76 Å². The zero-order valence-corrected chi connectivity index (χ0v) is 13.8. The zero-order chi connectivity index (χ0) is 15.6. The van der Waals surface area contributed by atoms with Crippen molar-refractivity contribution >= 4 is 17.2 Å². The lowest BCUT2D eigenvalue weighted by molar-refractivity contribution is -0.123. The Morgan fingerprint density at radius 3 is 2.95 bits per heavy atom. The molecule has 0 bridgehead atoms. The second-order valence-corrected chi connectivity index (χ2v) is 7.00. The van der Waals surface area contributed by atoms with Crippen LogP contribution < -0.4 is 5.32 Å². The summed E-state index contributed by atoms with van der Waals surface area (Å²) in [5, 5.41) is 9.19. The van der Waals surface area contributed by atoms with Gasteiger partial charge in [0, 0.05) is 12.6 Å². The van der Waals surface area contributed by atoms with Gasteiger partial charge in [-0.2, -0.15) is 0 Å². The molecule has 0 atom stereocenters. The highest BCUT2D eigenvalue weighted by Crippen LogP contribution is 2.48. The smallest absolute Gasteiger partial charge is 0.232 e. The number of carbonyl (C=O) groups excluding carboxylic acids is 1. The monoisotopic (exact) mass is 319 g/mol. The largest absolute Gasteiger partial charge is 0.355 e. The number of nitrogens with zero attached hydrogens (tertiary/aromatic N) is 2. The van der Waals surface area contributed by atoms with Crippen molar-refractivity contribution in [3.05, 3.63) is 29.3 Å². The average molecular weight is 319 g/mol. The fraction of sp³-hybridized carbons (Fsp3) is 0.500. The van der Waals surface area contributed by atoms with E-state index in [1.807, 2.05) is 37.7 Å². The highest BCUT2D eigenvalue weighted by Gasteiger charge is 2.53. The van der Waals surface area contributed by atoms with E-state index in [9.17, 15) is 4.79 Å². The van der Waals surface area contributed by atoms with Gasteiger partial charge in [0.25, 0.3) is 0 Å². The van der Waals surface area contributed by atoms with Crippen LogP contribution in [-0.2, 0) is 10.2 Å². The van der Waals surface area contributed by atoms with Crippen LogP contribution in [0.2, 0.25) is 0 Å². The number of rotatable bonds is 7. The minimum atomic E-state index is -0.461. The number of hydrogen-bond donors (Lipinski definition) is 1. The van der Waals surface area contributed by atoms with E-state index in [2.05, 4.69) is 15.4 Å². The number of nitrogens with one attached hydrogen (secondary N) is 1. The van der Waals surface area contributed by atoms with E-state index in [4.69, 9.17) is 4.52 Å². The number of amides is 1. The molecular formula is C16H21N3O2S. The molecule has 0 unspecified atom stereocenters. The number of aromatic nitrogens is 1. The van der Waals surface area contributed by atoms with Crippen molar-refractivity contribution in [2.24, 2.45) is 0 Å². The molecule has 1 aliphatic carbocycles. The van der Waals surface area contributed by atoms with E-state index in [-0.39, 0.29) is 5.91 Å². The summed E-state index contributed by atoms with van der Waals surface area (Å²) in [5.41, 5.74) is 0.304. The van der Waals surface area contributed by atoms with E-state index in [1.165, 1.54) is 0 Å². The van der Waals surface area contributed by atoms with Crippen LogP contribution in [0.3, 0.4) is 0 Å². The van der Waals surface area contributed by atoms with Crippen LogP contribution in [0, 0.1) is 0 Å². The lowest BCUT2D eigenvalue weighted by Crippen LogP contribution is -2.36. The van der Waals surface area contributed by atoms with Gasteiger partial charge in [-0.3, -0.25) is 4.79 Å². The summed E-state index contributed by atoms with van der Waals surface area (Å²) in [6.45, 7) is 1.67. The Morgan fingerprint density at radius 1 is 1.50 bits per heavy atom. The molecule has 2 aromatic heterocycles. The van der Waals surface area contributed by atoms with Gasteiger partial charge in [-0.1, -0.05) is 11.2 Å². The van der Waals surface area contributed by atoms with Gasteiger partial charge < -0.3 is 14.7 Å². The summed E-state index contributed by atoms with van der Waals surface area (Å²) < 4.78 is 5.42. The second kappa shape index (κ2) is 6.22. The van der Waals surface area contributed by atoms with Crippen molar-refractivity contribution < 1.29 is 9.32 Å². The molecule has 22 heavy (non-hydrogen) atoms. The molecule has 2 aromatic rings.